The minimum atomic E-state index is -1.84. The quantitative estimate of drug-likeness (QED) is 0.154. The van der Waals surface area contributed by atoms with Gasteiger partial charge in [-0.3, -0.25) is 24.5 Å². The minimum Gasteiger partial charge on any atom is -0.467 e. The van der Waals surface area contributed by atoms with Crippen LogP contribution in [-0.4, -0.2) is 91.8 Å². The summed E-state index contributed by atoms with van der Waals surface area (Å²) in [7, 11) is 2.12. The van der Waals surface area contributed by atoms with E-state index in [0.29, 0.717) is 0 Å². The molecule has 1 aliphatic rings. The summed E-state index contributed by atoms with van der Waals surface area (Å²) in [6.07, 6.45) is -9.67. The molecule has 1 heterocycles. The van der Waals surface area contributed by atoms with Crippen LogP contribution in [-0.2, 0) is 63.7 Å². The third-order valence-corrected chi connectivity index (χ3v) is 5.56. The third-order valence-electron chi connectivity index (χ3n) is 5.56. The highest BCUT2D eigenvalue weighted by Gasteiger charge is 2.56. The van der Waals surface area contributed by atoms with Crippen LogP contribution >= 0.6 is 0 Å². The lowest BCUT2D eigenvalue weighted by atomic mass is 9.97. The van der Waals surface area contributed by atoms with Crippen LogP contribution in [0.4, 0.5) is 10.5 Å². The fourth-order valence-corrected chi connectivity index (χ4v) is 3.80. The van der Waals surface area contributed by atoms with Crippen LogP contribution in [0.1, 0.15) is 33.3 Å². The summed E-state index contributed by atoms with van der Waals surface area (Å²) in [5.74, 6) is -5.06. The average molecular weight is 615 g/mol. The Morgan fingerprint density at radius 3 is 2.05 bits per heavy atom. The largest absolute Gasteiger partial charge is 0.467 e. The van der Waals surface area contributed by atoms with Crippen molar-refractivity contribution in [3.05, 3.63) is 33.9 Å². The standard InChI is InChI=1S/C25H30N2O16/c1-11(22(31)36-5)26-25(33)38-10-15-7-8-17(16(9-15)27(34)35)42-24-21(41-14(4)30)19(40-13(3)29)18(39-12(2)28)20(43-24)23(32)37-6/h7-9,11,18-21,24H,10H2,1-6H3,(H,26,33)/t11-,18-,19-,20-,21+,24+/m0/s1. The number of methoxy groups -OCH3 is 2. The number of alkyl carbamates (subject to hydrolysis) is 1. The highest BCUT2D eigenvalue weighted by atomic mass is 16.7. The van der Waals surface area contributed by atoms with Gasteiger partial charge in [-0.15, -0.1) is 0 Å². The van der Waals surface area contributed by atoms with E-state index < -0.39 is 95.7 Å². The van der Waals surface area contributed by atoms with Gasteiger partial charge in [0.2, 0.25) is 12.4 Å². The van der Waals surface area contributed by atoms with Crippen LogP contribution in [0.2, 0.25) is 0 Å². The first-order valence-corrected chi connectivity index (χ1v) is 12.4. The first-order valence-electron chi connectivity index (χ1n) is 12.4. The molecule has 18 heteroatoms. The Balaban J connectivity index is 2.42. The molecular weight excluding hydrogens is 584 g/mol. The van der Waals surface area contributed by atoms with E-state index in [1.807, 2.05) is 0 Å². The minimum absolute atomic E-state index is 0.126. The Labute approximate surface area is 243 Å². The van der Waals surface area contributed by atoms with Crippen molar-refractivity contribution >= 4 is 41.6 Å². The lowest BCUT2D eigenvalue weighted by molar-refractivity contribution is -0.387. The van der Waals surface area contributed by atoms with Crippen LogP contribution in [0.15, 0.2) is 18.2 Å². The molecule has 0 spiro atoms. The molecule has 18 nitrogen and oxygen atoms in total. The number of nitrogens with zero attached hydrogens (tertiary/aromatic N) is 1. The van der Waals surface area contributed by atoms with Gasteiger partial charge in [0.1, 0.15) is 12.6 Å². The average Bonchev–Trinajstić information content (AvgIpc) is 2.93. The van der Waals surface area contributed by atoms with Crippen LogP contribution in [0, 0.1) is 10.1 Å². The van der Waals surface area contributed by atoms with E-state index >= 15 is 0 Å². The second-order valence-corrected chi connectivity index (χ2v) is 8.81. The monoisotopic (exact) mass is 614 g/mol. The molecular formula is C25H30N2O16. The number of esters is 5. The molecule has 0 radical (unpaired) electrons. The molecule has 1 aromatic carbocycles. The summed E-state index contributed by atoms with van der Waals surface area (Å²) >= 11 is 0. The smallest absolute Gasteiger partial charge is 0.408 e. The summed E-state index contributed by atoms with van der Waals surface area (Å²) in [6.45, 7) is 3.89. The molecule has 1 N–H and O–H groups in total. The molecule has 236 valence electrons. The number of hydrogen-bond donors (Lipinski definition) is 1. The van der Waals surface area contributed by atoms with Crippen LogP contribution in [0.3, 0.4) is 0 Å². The van der Waals surface area contributed by atoms with E-state index in [4.69, 9.17) is 33.2 Å². The van der Waals surface area contributed by atoms with Crippen molar-refractivity contribution in [3.8, 4) is 5.75 Å². The molecule has 1 saturated heterocycles. The van der Waals surface area contributed by atoms with Crippen molar-refractivity contribution in [2.24, 2.45) is 0 Å². The molecule has 0 aliphatic carbocycles. The highest BCUT2D eigenvalue weighted by Crippen LogP contribution is 2.35. The van der Waals surface area contributed by atoms with Crippen molar-refractivity contribution < 1.29 is 71.6 Å². The van der Waals surface area contributed by atoms with Crippen LogP contribution < -0.4 is 10.1 Å². The molecule has 1 fully saturated rings. The third kappa shape index (κ3) is 9.52. The summed E-state index contributed by atoms with van der Waals surface area (Å²) in [6, 6.07) is 2.37. The molecule has 1 aromatic rings. The number of hydrogen-bond acceptors (Lipinski definition) is 16. The summed E-state index contributed by atoms with van der Waals surface area (Å²) in [5.41, 5.74) is -0.545. The molecule has 0 bridgehead atoms. The predicted octanol–water partition coefficient (Wildman–Crippen LogP) is 0.454. The zero-order valence-corrected chi connectivity index (χ0v) is 23.9. The molecule has 43 heavy (non-hydrogen) atoms. The van der Waals surface area contributed by atoms with E-state index in [1.165, 1.54) is 13.0 Å². The van der Waals surface area contributed by atoms with Gasteiger partial charge in [-0.2, -0.15) is 0 Å². The fourth-order valence-electron chi connectivity index (χ4n) is 3.80. The van der Waals surface area contributed by atoms with Crippen LogP contribution in [0.5, 0.6) is 5.75 Å². The van der Waals surface area contributed by atoms with Crippen LogP contribution in [0.25, 0.3) is 0 Å². The maximum Gasteiger partial charge on any atom is 0.408 e. The van der Waals surface area contributed by atoms with Gasteiger partial charge in [-0.1, -0.05) is 6.07 Å². The molecule has 0 saturated carbocycles. The van der Waals surface area contributed by atoms with Gasteiger partial charge in [-0.25, -0.2) is 14.4 Å². The van der Waals surface area contributed by atoms with Gasteiger partial charge in [0.15, 0.2) is 24.1 Å². The van der Waals surface area contributed by atoms with Crippen molar-refractivity contribution in [2.75, 3.05) is 14.2 Å². The summed E-state index contributed by atoms with van der Waals surface area (Å²) < 4.78 is 41.1. The number of amides is 1. The van der Waals surface area contributed by atoms with E-state index in [2.05, 4.69) is 10.1 Å². The Hall–Kier alpha value is -5.00. The number of nitrogens with one attached hydrogen (secondary N) is 1. The van der Waals surface area contributed by atoms with Gasteiger partial charge >= 0.3 is 41.6 Å². The van der Waals surface area contributed by atoms with Gasteiger partial charge in [0.25, 0.3) is 0 Å². The Kier molecular flexibility index (Phi) is 12.2. The second kappa shape index (κ2) is 15.3. The van der Waals surface area contributed by atoms with Gasteiger partial charge in [0, 0.05) is 26.8 Å². The molecule has 2 rings (SSSR count). The molecule has 0 unspecified atom stereocenters. The van der Waals surface area contributed by atoms with E-state index in [0.717, 1.165) is 47.1 Å². The SMILES string of the molecule is COC(=O)[C@H](C)NC(=O)OCc1ccc(O[C@@H]2O[C@H](C(=O)OC)[C@@H](OC(C)=O)[C@H](OC(C)=O)[C@H]2OC(C)=O)c([N+](=O)[O-])c1. The molecule has 0 aromatic heterocycles. The maximum absolute atomic E-state index is 12.6. The highest BCUT2D eigenvalue weighted by molar-refractivity contribution is 5.80. The second-order valence-electron chi connectivity index (χ2n) is 8.81. The molecule has 1 amide bonds. The maximum atomic E-state index is 12.6. The van der Waals surface area contributed by atoms with Crippen molar-refractivity contribution in [2.45, 2.75) is 71.0 Å². The number of rotatable bonds is 11. The fraction of sp³-hybridized carbons (Fsp3) is 0.520. The Bertz CT molecular complexity index is 1250. The van der Waals surface area contributed by atoms with Gasteiger partial charge in [-0.05, 0) is 18.6 Å². The zero-order valence-electron chi connectivity index (χ0n) is 23.9. The number of benzene rings is 1. The summed E-state index contributed by atoms with van der Waals surface area (Å²) in [5, 5.41) is 14.1. The lowest BCUT2D eigenvalue weighted by Gasteiger charge is -2.42. The van der Waals surface area contributed by atoms with Crippen molar-refractivity contribution in [3.63, 3.8) is 0 Å². The number of nitro benzene ring substituents is 1. The normalized spacial score (nSPS) is 21.7. The first-order chi connectivity index (χ1) is 20.2. The topological polar surface area (TPSA) is 231 Å². The summed E-state index contributed by atoms with van der Waals surface area (Å²) in [4.78, 5) is 82.7. The number of carbonyl (C=O) groups excluding carboxylic acids is 6. The van der Waals surface area contributed by atoms with Gasteiger partial charge < -0.3 is 43.2 Å². The predicted molar refractivity (Wildman–Crippen MR) is 136 cm³/mol. The lowest BCUT2D eigenvalue weighted by Crippen LogP contribution is -2.64. The number of nitro groups is 1. The first kappa shape index (κ1) is 34.2. The Morgan fingerprint density at radius 1 is 0.930 bits per heavy atom. The van der Waals surface area contributed by atoms with E-state index in [-0.39, 0.29) is 5.56 Å². The van der Waals surface area contributed by atoms with Gasteiger partial charge in [0.05, 0.1) is 19.1 Å². The van der Waals surface area contributed by atoms with Crippen molar-refractivity contribution in [1.29, 1.82) is 0 Å². The Morgan fingerprint density at radius 2 is 1.51 bits per heavy atom. The number of carbonyl (C=O) groups is 6. The van der Waals surface area contributed by atoms with E-state index in [1.54, 1.807) is 0 Å². The molecule has 6 atom stereocenters. The number of ether oxygens (including phenoxy) is 8. The van der Waals surface area contributed by atoms with E-state index in [9.17, 15) is 38.9 Å². The molecule has 1 aliphatic heterocycles. The zero-order chi connectivity index (χ0) is 32.4. The van der Waals surface area contributed by atoms with Crippen molar-refractivity contribution in [1.82, 2.24) is 5.32 Å².